The number of benzene rings is 2. The minimum absolute atomic E-state index is 0.125. The Morgan fingerprint density at radius 1 is 1.12 bits per heavy atom. The molecule has 0 bridgehead atoms. The molecule has 5 heteroatoms. The van der Waals surface area contributed by atoms with Crippen LogP contribution in [0.4, 0.5) is 0 Å². The number of amides is 1. The van der Waals surface area contributed by atoms with Crippen molar-refractivity contribution < 1.29 is 14.3 Å². The fraction of sp³-hybridized carbons (Fsp3) is 0.350. The zero-order chi connectivity index (χ0) is 18.2. The van der Waals surface area contributed by atoms with Crippen LogP contribution in [0.5, 0.6) is 11.5 Å². The van der Waals surface area contributed by atoms with E-state index in [1.54, 1.807) is 24.3 Å². The van der Waals surface area contributed by atoms with Gasteiger partial charge in [-0.3, -0.25) is 4.79 Å². The lowest BCUT2D eigenvalue weighted by atomic mass is 10.1. The molecule has 0 heterocycles. The van der Waals surface area contributed by atoms with Crippen LogP contribution in [0.3, 0.4) is 0 Å². The number of nitrogens with one attached hydrogen (secondary N) is 1. The van der Waals surface area contributed by atoms with E-state index in [1.807, 2.05) is 45.0 Å². The molecular weight excluding hydrogens is 338 g/mol. The smallest absolute Gasteiger partial charge is 0.261 e. The zero-order valence-corrected chi connectivity index (χ0v) is 15.5. The highest BCUT2D eigenvalue weighted by molar-refractivity contribution is 6.30. The van der Waals surface area contributed by atoms with E-state index in [0.29, 0.717) is 23.8 Å². The first-order chi connectivity index (χ1) is 12.0. The number of hydrogen-bond donors (Lipinski definition) is 1. The van der Waals surface area contributed by atoms with Crippen molar-refractivity contribution in [2.24, 2.45) is 0 Å². The highest BCUT2D eigenvalue weighted by Crippen LogP contribution is 2.21. The van der Waals surface area contributed by atoms with Gasteiger partial charge < -0.3 is 14.8 Å². The molecule has 25 heavy (non-hydrogen) atoms. The molecule has 2 aromatic rings. The highest BCUT2D eigenvalue weighted by Gasteiger charge is 2.20. The minimum Gasteiger partial charge on any atom is -0.494 e. The molecule has 0 spiro atoms. The van der Waals surface area contributed by atoms with E-state index >= 15 is 0 Å². The van der Waals surface area contributed by atoms with Crippen molar-refractivity contribution >= 4 is 17.5 Å². The van der Waals surface area contributed by atoms with Crippen LogP contribution >= 0.6 is 11.6 Å². The van der Waals surface area contributed by atoms with Crippen LogP contribution in [0.25, 0.3) is 0 Å². The largest absolute Gasteiger partial charge is 0.494 e. The lowest BCUT2D eigenvalue weighted by Crippen LogP contribution is -2.39. The van der Waals surface area contributed by atoms with Crippen molar-refractivity contribution in [1.82, 2.24) is 5.32 Å². The van der Waals surface area contributed by atoms with Gasteiger partial charge in [0.1, 0.15) is 11.5 Å². The molecule has 0 saturated heterocycles. The zero-order valence-electron chi connectivity index (χ0n) is 14.8. The molecule has 4 nitrogen and oxygen atoms in total. The molecule has 0 saturated carbocycles. The van der Waals surface area contributed by atoms with Gasteiger partial charge in [-0.05, 0) is 56.2 Å². The molecule has 0 aliphatic rings. The molecule has 0 aromatic heterocycles. The van der Waals surface area contributed by atoms with Gasteiger partial charge in [0.05, 0.1) is 12.6 Å². The van der Waals surface area contributed by atoms with Gasteiger partial charge in [-0.2, -0.15) is 0 Å². The Morgan fingerprint density at radius 2 is 1.84 bits per heavy atom. The average molecular weight is 362 g/mol. The van der Waals surface area contributed by atoms with Crippen molar-refractivity contribution in [2.75, 3.05) is 6.61 Å². The van der Waals surface area contributed by atoms with Gasteiger partial charge in [0, 0.05) is 5.02 Å². The number of hydrogen-bond acceptors (Lipinski definition) is 3. The van der Waals surface area contributed by atoms with Crippen LogP contribution in [0, 0.1) is 0 Å². The van der Waals surface area contributed by atoms with Crippen LogP contribution < -0.4 is 14.8 Å². The van der Waals surface area contributed by atoms with Crippen molar-refractivity contribution in [2.45, 2.75) is 39.3 Å². The van der Waals surface area contributed by atoms with Crippen LogP contribution in [-0.4, -0.2) is 18.6 Å². The van der Waals surface area contributed by atoms with Gasteiger partial charge in [0.2, 0.25) is 0 Å². The third kappa shape index (κ3) is 5.68. The summed E-state index contributed by atoms with van der Waals surface area (Å²) in [5, 5.41) is 3.57. The van der Waals surface area contributed by atoms with Crippen molar-refractivity contribution in [1.29, 1.82) is 0 Å². The van der Waals surface area contributed by atoms with Crippen LogP contribution in [0.2, 0.25) is 5.02 Å². The summed E-state index contributed by atoms with van der Waals surface area (Å²) in [6, 6.07) is 14.6. The Balaban J connectivity index is 1.98. The predicted molar refractivity (Wildman–Crippen MR) is 100 cm³/mol. The van der Waals surface area contributed by atoms with E-state index in [-0.39, 0.29) is 11.9 Å². The Labute approximate surface area is 154 Å². The fourth-order valence-corrected chi connectivity index (χ4v) is 2.62. The van der Waals surface area contributed by atoms with Crippen LogP contribution in [0.15, 0.2) is 48.5 Å². The SMILES string of the molecule is CCOc1ccc([C@H](C)NC(=O)[C@@H](CC)Oc2cccc(Cl)c2)cc1. The summed E-state index contributed by atoms with van der Waals surface area (Å²) < 4.78 is 11.2. The highest BCUT2D eigenvalue weighted by atomic mass is 35.5. The molecule has 2 atom stereocenters. The van der Waals surface area contributed by atoms with E-state index < -0.39 is 6.10 Å². The third-order valence-electron chi connectivity index (χ3n) is 3.79. The Morgan fingerprint density at radius 3 is 2.44 bits per heavy atom. The van der Waals surface area contributed by atoms with E-state index in [1.165, 1.54) is 0 Å². The van der Waals surface area contributed by atoms with Gasteiger partial charge in [-0.25, -0.2) is 0 Å². The van der Waals surface area contributed by atoms with E-state index in [2.05, 4.69) is 5.32 Å². The van der Waals surface area contributed by atoms with E-state index in [0.717, 1.165) is 11.3 Å². The Bertz CT molecular complexity index is 688. The fourth-order valence-electron chi connectivity index (χ4n) is 2.44. The molecule has 134 valence electrons. The maximum atomic E-state index is 12.5. The Hall–Kier alpha value is -2.20. The molecule has 2 aromatic carbocycles. The third-order valence-corrected chi connectivity index (χ3v) is 4.02. The summed E-state index contributed by atoms with van der Waals surface area (Å²) in [5.41, 5.74) is 1.01. The summed E-state index contributed by atoms with van der Waals surface area (Å²) in [6.45, 7) is 6.43. The second kappa shape index (κ2) is 9.33. The molecule has 1 amide bonds. The van der Waals surface area contributed by atoms with Crippen molar-refractivity contribution in [3.8, 4) is 11.5 Å². The molecule has 0 radical (unpaired) electrons. The summed E-state index contributed by atoms with van der Waals surface area (Å²) in [4.78, 5) is 12.5. The first-order valence-electron chi connectivity index (χ1n) is 8.48. The first-order valence-corrected chi connectivity index (χ1v) is 8.86. The quantitative estimate of drug-likeness (QED) is 0.736. The topological polar surface area (TPSA) is 47.6 Å². The lowest BCUT2D eigenvalue weighted by molar-refractivity contribution is -0.128. The lowest BCUT2D eigenvalue weighted by Gasteiger charge is -2.21. The monoisotopic (exact) mass is 361 g/mol. The molecule has 1 N–H and O–H groups in total. The summed E-state index contributed by atoms with van der Waals surface area (Å²) in [6.07, 6.45) is -0.00226. The van der Waals surface area contributed by atoms with Gasteiger partial charge >= 0.3 is 0 Å². The number of rotatable bonds is 8. The molecule has 0 aliphatic heterocycles. The molecule has 0 aliphatic carbocycles. The van der Waals surface area contributed by atoms with Crippen molar-refractivity contribution in [3.05, 3.63) is 59.1 Å². The number of ether oxygens (including phenoxy) is 2. The molecular formula is C20H24ClNO3. The average Bonchev–Trinajstić information content (AvgIpc) is 2.60. The predicted octanol–water partition coefficient (Wildman–Crippen LogP) is 4.77. The summed E-state index contributed by atoms with van der Waals surface area (Å²) in [7, 11) is 0. The molecule has 2 rings (SSSR count). The Kier molecular flexibility index (Phi) is 7.14. The number of carbonyl (C=O) groups excluding carboxylic acids is 1. The van der Waals surface area contributed by atoms with E-state index in [4.69, 9.17) is 21.1 Å². The standard InChI is InChI=1S/C20H24ClNO3/c1-4-19(25-18-8-6-7-16(21)13-18)20(23)22-14(3)15-9-11-17(12-10-15)24-5-2/h6-14,19H,4-5H2,1-3H3,(H,22,23)/t14-,19+/m0/s1. The maximum absolute atomic E-state index is 12.5. The van der Waals surface area contributed by atoms with Gasteiger partial charge in [0.25, 0.3) is 5.91 Å². The van der Waals surface area contributed by atoms with Gasteiger partial charge in [-0.15, -0.1) is 0 Å². The van der Waals surface area contributed by atoms with Gasteiger partial charge in [-0.1, -0.05) is 36.7 Å². The normalized spacial score (nSPS) is 13.0. The molecule has 0 fully saturated rings. The summed E-state index contributed by atoms with van der Waals surface area (Å²) >= 11 is 5.96. The minimum atomic E-state index is -0.566. The summed E-state index contributed by atoms with van der Waals surface area (Å²) in [5.74, 6) is 1.26. The van der Waals surface area contributed by atoms with Crippen LogP contribution in [-0.2, 0) is 4.79 Å². The maximum Gasteiger partial charge on any atom is 0.261 e. The number of halogens is 1. The van der Waals surface area contributed by atoms with Crippen molar-refractivity contribution in [3.63, 3.8) is 0 Å². The second-order valence-electron chi connectivity index (χ2n) is 5.70. The molecule has 0 unspecified atom stereocenters. The van der Waals surface area contributed by atoms with E-state index in [9.17, 15) is 4.79 Å². The number of carbonyl (C=O) groups is 1. The second-order valence-corrected chi connectivity index (χ2v) is 6.14. The van der Waals surface area contributed by atoms with Crippen LogP contribution in [0.1, 0.15) is 38.8 Å². The first kappa shape index (κ1) is 19.1. The van der Waals surface area contributed by atoms with Gasteiger partial charge in [0.15, 0.2) is 6.10 Å².